The van der Waals surface area contributed by atoms with E-state index < -0.39 is 41.9 Å². The van der Waals surface area contributed by atoms with Gasteiger partial charge in [0.2, 0.25) is 34.9 Å². The highest BCUT2D eigenvalue weighted by atomic mass is 19.4. The van der Waals surface area contributed by atoms with Gasteiger partial charge in [-0.3, -0.25) is 38.1 Å². The molecular formula is C56H76F3N15O13. The Morgan fingerprint density at radius 3 is 1.51 bits per heavy atom. The Labute approximate surface area is 497 Å². The number of imidazole rings is 2. The summed E-state index contributed by atoms with van der Waals surface area (Å²) < 4.78 is 70.9. The van der Waals surface area contributed by atoms with Crippen LogP contribution in [-0.2, 0) is 78.3 Å². The molecular weight excluding hydrogens is 1150 g/mol. The predicted molar refractivity (Wildman–Crippen MR) is 307 cm³/mol. The summed E-state index contributed by atoms with van der Waals surface area (Å²) in [6.07, 6.45) is -4.79. The van der Waals surface area contributed by atoms with Crippen LogP contribution in [0.2, 0.25) is 0 Å². The molecule has 0 aliphatic carbocycles. The number of aryl methyl sites for hydroxylation is 8. The number of carbonyl (C=O) groups is 7. The van der Waals surface area contributed by atoms with Gasteiger partial charge in [0, 0.05) is 84.1 Å². The summed E-state index contributed by atoms with van der Waals surface area (Å²) in [6, 6.07) is 13.4. The summed E-state index contributed by atoms with van der Waals surface area (Å²) in [5.41, 5.74) is 16.9. The largest absolute Gasteiger partial charge is 0.490 e. The second-order valence-corrected chi connectivity index (χ2v) is 20.0. The normalized spacial score (nSPS) is 13.5. The van der Waals surface area contributed by atoms with Crippen molar-refractivity contribution in [3.05, 3.63) is 93.7 Å². The summed E-state index contributed by atoms with van der Waals surface area (Å²) in [7, 11) is 3.49. The number of halogens is 3. The number of hydrogen-bond donors (Lipinski definition) is 5. The van der Waals surface area contributed by atoms with Gasteiger partial charge < -0.3 is 74.1 Å². The summed E-state index contributed by atoms with van der Waals surface area (Å²) in [4.78, 5) is 98.2. The zero-order chi connectivity index (χ0) is 63.4. The fourth-order valence-corrected chi connectivity index (χ4v) is 9.42. The fourth-order valence-electron chi connectivity index (χ4n) is 9.42. The van der Waals surface area contributed by atoms with Crippen molar-refractivity contribution >= 4 is 63.5 Å². The number of hydrogen-bond acceptors (Lipinski definition) is 15. The molecule has 2 aromatic carbocycles. The van der Waals surface area contributed by atoms with Crippen LogP contribution in [0.1, 0.15) is 86.2 Å². The maximum Gasteiger partial charge on any atom is 0.490 e. The second kappa shape index (κ2) is 32.4. The molecule has 0 spiro atoms. The minimum atomic E-state index is -5.08. The molecule has 7 rings (SSSR count). The van der Waals surface area contributed by atoms with Gasteiger partial charge in [0.05, 0.1) is 98.8 Å². The van der Waals surface area contributed by atoms with Crippen molar-refractivity contribution in [3.8, 4) is 0 Å². The predicted octanol–water partition coefficient (Wildman–Crippen LogP) is 1.51. The lowest BCUT2D eigenvalue weighted by molar-refractivity contribution is -0.192. The van der Waals surface area contributed by atoms with Crippen LogP contribution in [0.3, 0.4) is 0 Å². The quantitative estimate of drug-likeness (QED) is 0.0399. The van der Waals surface area contributed by atoms with Gasteiger partial charge in [-0.05, 0) is 89.1 Å². The van der Waals surface area contributed by atoms with E-state index in [9.17, 15) is 41.9 Å². The van der Waals surface area contributed by atoms with Crippen LogP contribution < -0.4 is 33.3 Å². The van der Waals surface area contributed by atoms with E-state index in [-0.39, 0.29) is 79.9 Å². The lowest BCUT2D eigenvalue weighted by Gasteiger charge is -2.27. The molecule has 6 aromatic rings. The number of aliphatic carboxylic acids is 1. The summed E-state index contributed by atoms with van der Waals surface area (Å²) in [5.74, 6) is -5.32. The molecule has 0 unspecified atom stereocenters. The Morgan fingerprint density at radius 1 is 0.667 bits per heavy atom. The van der Waals surface area contributed by atoms with E-state index in [1.165, 1.54) is 0 Å². The molecule has 1 aliphatic rings. The zero-order valence-electron chi connectivity index (χ0n) is 49.6. The minimum Gasteiger partial charge on any atom is -0.475 e. The fraction of sp³-hybridized carbons (Fsp3) is 0.518. The number of ether oxygens (including phenoxy) is 5. The first-order chi connectivity index (χ1) is 41.5. The van der Waals surface area contributed by atoms with Crippen molar-refractivity contribution in [1.82, 2.24) is 53.4 Å². The number of carbonyl (C=O) groups excluding carboxylic acids is 6. The maximum absolute atomic E-state index is 13.9. The summed E-state index contributed by atoms with van der Waals surface area (Å²) in [5, 5.41) is 22.1. The minimum absolute atomic E-state index is 0.102. The standard InChI is InChI=1S/C54H75N15O11.C2HF3O2/c1-7-68-45(31-36(3)61-68)51(74)59-53-63(5)43-33-38(49(55)72)9-11-41(43)66(53)19-13-40(80-35-47(70)58-18-24-77-26-28-79-30-29-78-27-25-76-23-15-48(71)65-21-16-57-17-22-65)14-20-67-42-12-10-39(50(56)73)34-44(42)64(6)54(67)60-52(75)46-32-37(4)62-69(46)8-2;3-2(4,5)1(6)7/h9-12,31-34,40,57H,7-8,13-30,35H2,1-6H3,(H2,55,72)(H2,56,73)(H,58,70);(H,6,7). The van der Waals surface area contributed by atoms with Gasteiger partial charge in [0.1, 0.15) is 18.0 Å². The molecule has 474 valence electrons. The van der Waals surface area contributed by atoms with Crippen LogP contribution in [0.15, 0.2) is 58.5 Å². The highest BCUT2D eigenvalue weighted by Gasteiger charge is 2.38. The molecule has 28 nitrogen and oxygen atoms in total. The molecule has 0 atom stereocenters. The number of fused-ring (bicyclic) bond motifs is 2. The van der Waals surface area contributed by atoms with Crippen LogP contribution in [0.5, 0.6) is 0 Å². The number of rotatable bonds is 30. The number of nitrogens with two attached hydrogens (primary N) is 2. The third-order valence-corrected chi connectivity index (χ3v) is 13.8. The first-order valence-corrected chi connectivity index (χ1v) is 28.3. The zero-order valence-corrected chi connectivity index (χ0v) is 49.6. The van der Waals surface area contributed by atoms with E-state index in [1.54, 1.807) is 95.0 Å². The Morgan fingerprint density at radius 2 is 1.09 bits per heavy atom. The molecule has 1 aliphatic heterocycles. The lowest BCUT2D eigenvalue weighted by Crippen LogP contribution is -2.46. The van der Waals surface area contributed by atoms with Crippen LogP contribution in [-0.4, -0.2) is 194 Å². The third-order valence-electron chi connectivity index (χ3n) is 13.8. The van der Waals surface area contributed by atoms with Gasteiger partial charge in [0.25, 0.3) is 11.8 Å². The van der Waals surface area contributed by atoms with Gasteiger partial charge in [-0.1, -0.05) is 0 Å². The van der Waals surface area contributed by atoms with E-state index in [1.807, 2.05) is 27.9 Å². The Balaban J connectivity index is 0.00000162. The Bertz CT molecular complexity index is 3360. The van der Waals surface area contributed by atoms with E-state index in [4.69, 9.17) is 45.1 Å². The molecule has 6 amide bonds. The molecule has 0 radical (unpaired) electrons. The number of amides is 6. The molecule has 31 heteroatoms. The molecule has 1 fully saturated rings. The second-order valence-electron chi connectivity index (χ2n) is 20.0. The van der Waals surface area contributed by atoms with Gasteiger partial charge in [-0.15, -0.1) is 0 Å². The van der Waals surface area contributed by atoms with Gasteiger partial charge in [0.15, 0.2) is 0 Å². The topological polar surface area (TPSA) is 345 Å². The Kier molecular flexibility index (Phi) is 25.2. The van der Waals surface area contributed by atoms with Crippen molar-refractivity contribution < 1.29 is 75.5 Å². The number of nitrogens with zero attached hydrogens (tertiary/aromatic N) is 11. The highest BCUT2D eigenvalue weighted by molar-refractivity contribution is 5.98. The third kappa shape index (κ3) is 19.1. The van der Waals surface area contributed by atoms with E-state index in [0.29, 0.717) is 111 Å². The Hall–Kier alpha value is -8.36. The average molecular weight is 1220 g/mol. The van der Waals surface area contributed by atoms with Crippen molar-refractivity contribution in [2.45, 2.75) is 85.4 Å². The molecule has 4 aromatic heterocycles. The number of benzene rings is 2. The van der Waals surface area contributed by atoms with Gasteiger partial charge >= 0.3 is 12.1 Å². The van der Waals surface area contributed by atoms with Crippen molar-refractivity contribution in [3.63, 3.8) is 0 Å². The number of carboxylic acids is 1. The maximum atomic E-state index is 13.9. The van der Waals surface area contributed by atoms with Crippen molar-refractivity contribution in [2.75, 3.05) is 92.2 Å². The monoisotopic (exact) mass is 1220 g/mol. The first kappa shape index (κ1) is 67.8. The van der Waals surface area contributed by atoms with Crippen LogP contribution in [0, 0.1) is 13.8 Å². The molecule has 1 saturated heterocycles. The van der Waals surface area contributed by atoms with Gasteiger partial charge in [-0.25, -0.2) is 4.79 Å². The molecule has 0 saturated carbocycles. The SMILES string of the molecule is CCn1nc(C)cc1C(=O)N=c1n(C)c2cc(C(N)=O)ccc2n1CCC(CCn1c(=NC(=O)c2cc(C)nn2CC)n(C)c2cc(C(N)=O)ccc21)OCC(=O)NCCOCCOCCOCCOCCC(=O)N1CCNCC1.O=C(O)C(F)(F)F. The molecule has 0 bridgehead atoms. The number of piperazine rings is 1. The van der Waals surface area contributed by atoms with E-state index >= 15 is 0 Å². The number of carboxylic acid groups (broad SMARTS) is 1. The molecule has 7 N–H and O–H groups in total. The summed E-state index contributed by atoms with van der Waals surface area (Å²) >= 11 is 0. The highest BCUT2D eigenvalue weighted by Crippen LogP contribution is 2.21. The van der Waals surface area contributed by atoms with Gasteiger partial charge in [-0.2, -0.15) is 33.4 Å². The van der Waals surface area contributed by atoms with Crippen LogP contribution >= 0.6 is 0 Å². The number of aromatic nitrogens is 8. The van der Waals surface area contributed by atoms with E-state index in [0.717, 1.165) is 26.2 Å². The number of primary amides is 2. The van der Waals surface area contributed by atoms with Crippen LogP contribution in [0.25, 0.3) is 22.1 Å². The smallest absolute Gasteiger partial charge is 0.475 e. The van der Waals surface area contributed by atoms with Crippen molar-refractivity contribution in [2.24, 2.45) is 35.5 Å². The number of alkyl halides is 3. The number of nitrogens with one attached hydrogen (secondary N) is 2. The van der Waals surface area contributed by atoms with Crippen LogP contribution in [0.4, 0.5) is 13.2 Å². The lowest BCUT2D eigenvalue weighted by atomic mass is 10.1. The van der Waals surface area contributed by atoms with Crippen molar-refractivity contribution in [1.29, 1.82) is 0 Å². The average Bonchev–Trinajstić information content (AvgIpc) is 1.79. The van der Waals surface area contributed by atoms with E-state index in [2.05, 4.69) is 30.8 Å². The first-order valence-electron chi connectivity index (χ1n) is 28.3. The summed E-state index contributed by atoms with van der Waals surface area (Å²) in [6.45, 7) is 14.4. The molecule has 87 heavy (non-hydrogen) atoms. The molecule has 5 heterocycles.